The maximum atomic E-state index is 2.54. The van der Waals surface area contributed by atoms with Gasteiger partial charge >= 0.3 is 0 Å². The molecule has 1 fully saturated rings. The Balaban J connectivity index is 2.12. The highest BCUT2D eigenvalue weighted by atomic mass is 15.1. The van der Waals surface area contributed by atoms with E-state index in [0.29, 0.717) is 5.41 Å². The fourth-order valence-corrected chi connectivity index (χ4v) is 3.30. The lowest BCUT2D eigenvalue weighted by Gasteiger charge is -2.31. The summed E-state index contributed by atoms with van der Waals surface area (Å²) in [4.78, 5) is 2.54. The summed E-state index contributed by atoms with van der Waals surface area (Å²) < 4.78 is 0. The molecule has 0 radical (unpaired) electrons. The summed E-state index contributed by atoms with van der Waals surface area (Å²) in [5.74, 6) is 0. The number of hydrogen-bond acceptors (Lipinski definition) is 1. The van der Waals surface area contributed by atoms with Crippen LogP contribution in [-0.2, 0) is 5.41 Å². The predicted octanol–water partition coefficient (Wildman–Crippen LogP) is 5.14. The Bertz CT molecular complexity index is 375. The van der Waals surface area contributed by atoms with Crippen molar-refractivity contribution in [1.82, 2.24) is 0 Å². The lowest BCUT2D eigenvalue weighted by molar-refractivity contribution is 0.414. The number of rotatable bonds is 5. The Morgan fingerprint density at radius 3 is 2.16 bits per heavy atom. The van der Waals surface area contributed by atoms with Crippen LogP contribution in [0.5, 0.6) is 0 Å². The quantitative estimate of drug-likeness (QED) is 0.707. The molecule has 19 heavy (non-hydrogen) atoms. The summed E-state index contributed by atoms with van der Waals surface area (Å²) in [7, 11) is 0. The minimum absolute atomic E-state index is 0.356. The van der Waals surface area contributed by atoms with Crippen LogP contribution < -0.4 is 4.90 Å². The van der Waals surface area contributed by atoms with E-state index in [-0.39, 0.29) is 0 Å². The molecule has 1 aromatic rings. The van der Waals surface area contributed by atoms with Gasteiger partial charge in [-0.3, -0.25) is 0 Å². The smallest absolute Gasteiger partial charge is 0.0366 e. The van der Waals surface area contributed by atoms with Crippen LogP contribution in [0, 0.1) is 0 Å². The van der Waals surface area contributed by atoms with Gasteiger partial charge in [-0.05, 0) is 55.2 Å². The van der Waals surface area contributed by atoms with Crippen molar-refractivity contribution in [1.29, 1.82) is 0 Å². The van der Waals surface area contributed by atoms with Gasteiger partial charge in [-0.1, -0.05) is 39.3 Å². The highest BCUT2D eigenvalue weighted by Gasteiger charge is 2.23. The van der Waals surface area contributed by atoms with Crippen LogP contribution in [-0.4, -0.2) is 13.1 Å². The molecule has 0 saturated carbocycles. The molecule has 1 atom stereocenters. The molecule has 1 aliphatic rings. The van der Waals surface area contributed by atoms with Crippen molar-refractivity contribution >= 4 is 5.69 Å². The molecule has 106 valence electrons. The minimum atomic E-state index is 0.356. The van der Waals surface area contributed by atoms with E-state index in [9.17, 15) is 0 Å². The van der Waals surface area contributed by atoms with E-state index in [1.54, 1.807) is 0 Å². The van der Waals surface area contributed by atoms with E-state index in [2.05, 4.69) is 49.9 Å². The van der Waals surface area contributed by atoms with Crippen molar-refractivity contribution in [3.8, 4) is 0 Å². The second kappa shape index (κ2) is 6.45. The molecule has 1 saturated heterocycles. The lowest BCUT2D eigenvalue weighted by atomic mass is 9.76. The second-order valence-corrected chi connectivity index (χ2v) is 6.26. The average Bonchev–Trinajstić information content (AvgIpc) is 2.48. The zero-order chi connectivity index (χ0) is 13.7. The summed E-state index contributed by atoms with van der Waals surface area (Å²) in [5, 5.41) is 0. The third-order valence-corrected chi connectivity index (χ3v) is 4.87. The Labute approximate surface area is 119 Å². The molecular weight excluding hydrogens is 230 g/mol. The number of anilines is 1. The van der Waals surface area contributed by atoms with Crippen molar-refractivity contribution in [3.05, 3.63) is 29.8 Å². The molecule has 1 heterocycles. The highest BCUT2D eigenvalue weighted by Crippen LogP contribution is 2.33. The topological polar surface area (TPSA) is 3.24 Å². The summed E-state index contributed by atoms with van der Waals surface area (Å²) in [5.41, 5.74) is 3.28. The first-order valence-corrected chi connectivity index (χ1v) is 8.05. The number of nitrogens with zero attached hydrogens (tertiary/aromatic N) is 1. The summed E-state index contributed by atoms with van der Waals surface area (Å²) in [6, 6.07) is 9.40. The standard InChI is InChI=1S/C18H29N/c1-4-13-18(3,5-2)16-9-11-17(12-10-16)19-14-7-6-8-15-19/h9-12H,4-8,13-15H2,1-3H3. The van der Waals surface area contributed by atoms with Gasteiger partial charge in [0.1, 0.15) is 0 Å². The number of hydrogen-bond donors (Lipinski definition) is 0. The van der Waals surface area contributed by atoms with Gasteiger partial charge in [-0.2, -0.15) is 0 Å². The maximum Gasteiger partial charge on any atom is 0.0366 e. The number of piperidine rings is 1. The lowest BCUT2D eigenvalue weighted by Crippen LogP contribution is -2.29. The molecule has 0 bridgehead atoms. The first kappa shape index (κ1) is 14.4. The maximum absolute atomic E-state index is 2.54. The molecule has 1 heteroatoms. The van der Waals surface area contributed by atoms with Crippen molar-refractivity contribution in [2.75, 3.05) is 18.0 Å². The van der Waals surface area contributed by atoms with Crippen LogP contribution in [0.3, 0.4) is 0 Å². The van der Waals surface area contributed by atoms with Crippen LogP contribution in [0.4, 0.5) is 5.69 Å². The van der Waals surface area contributed by atoms with Crippen molar-refractivity contribution in [3.63, 3.8) is 0 Å². The Morgan fingerprint density at radius 2 is 1.63 bits per heavy atom. The van der Waals surface area contributed by atoms with E-state index < -0.39 is 0 Å². The number of benzene rings is 1. The first-order valence-electron chi connectivity index (χ1n) is 8.05. The van der Waals surface area contributed by atoms with E-state index >= 15 is 0 Å². The zero-order valence-corrected chi connectivity index (χ0v) is 12.9. The van der Waals surface area contributed by atoms with Crippen molar-refractivity contribution in [2.24, 2.45) is 0 Å². The van der Waals surface area contributed by atoms with Gasteiger partial charge < -0.3 is 4.90 Å². The van der Waals surface area contributed by atoms with E-state index in [4.69, 9.17) is 0 Å². The largest absolute Gasteiger partial charge is 0.372 e. The molecule has 0 N–H and O–H groups in total. The van der Waals surface area contributed by atoms with E-state index in [1.807, 2.05) is 0 Å². The van der Waals surface area contributed by atoms with Gasteiger partial charge in [0.25, 0.3) is 0 Å². The fourth-order valence-electron chi connectivity index (χ4n) is 3.30. The Kier molecular flexibility index (Phi) is 4.90. The summed E-state index contributed by atoms with van der Waals surface area (Å²) in [6.45, 7) is 9.48. The summed E-state index contributed by atoms with van der Waals surface area (Å²) in [6.07, 6.45) is 7.88. The van der Waals surface area contributed by atoms with Gasteiger partial charge in [0.2, 0.25) is 0 Å². The second-order valence-electron chi connectivity index (χ2n) is 6.26. The van der Waals surface area contributed by atoms with Gasteiger partial charge in [-0.25, -0.2) is 0 Å². The molecule has 0 spiro atoms. The molecule has 0 amide bonds. The van der Waals surface area contributed by atoms with Crippen LogP contribution in [0.1, 0.15) is 64.9 Å². The molecule has 2 rings (SSSR count). The average molecular weight is 259 g/mol. The third-order valence-electron chi connectivity index (χ3n) is 4.87. The summed E-state index contributed by atoms with van der Waals surface area (Å²) >= 11 is 0. The fraction of sp³-hybridized carbons (Fsp3) is 0.667. The third kappa shape index (κ3) is 3.32. The van der Waals surface area contributed by atoms with Gasteiger partial charge in [0.15, 0.2) is 0 Å². The van der Waals surface area contributed by atoms with Gasteiger partial charge in [-0.15, -0.1) is 0 Å². The van der Waals surface area contributed by atoms with Crippen molar-refractivity contribution < 1.29 is 0 Å². The normalized spacial score (nSPS) is 19.2. The van der Waals surface area contributed by atoms with Crippen LogP contribution in [0.25, 0.3) is 0 Å². The first-order chi connectivity index (χ1) is 9.19. The van der Waals surface area contributed by atoms with E-state index in [1.165, 1.54) is 62.9 Å². The monoisotopic (exact) mass is 259 g/mol. The molecule has 1 aromatic carbocycles. The predicted molar refractivity (Wildman–Crippen MR) is 85.1 cm³/mol. The molecule has 0 aliphatic carbocycles. The molecule has 1 aliphatic heterocycles. The highest BCUT2D eigenvalue weighted by molar-refractivity contribution is 5.49. The molecular formula is C18H29N. The molecule has 1 unspecified atom stereocenters. The van der Waals surface area contributed by atoms with Crippen LogP contribution >= 0.6 is 0 Å². The SMILES string of the molecule is CCCC(C)(CC)c1ccc(N2CCCCC2)cc1. The Hall–Kier alpha value is -0.980. The van der Waals surface area contributed by atoms with Crippen LogP contribution in [0.15, 0.2) is 24.3 Å². The van der Waals surface area contributed by atoms with Gasteiger partial charge in [0, 0.05) is 18.8 Å². The Morgan fingerprint density at radius 1 is 1.00 bits per heavy atom. The van der Waals surface area contributed by atoms with Crippen LogP contribution in [0.2, 0.25) is 0 Å². The zero-order valence-electron chi connectivity index (χ0n) is 12.9. The minimum Gasteiger partial charge on any atom is -0.372 e. The van der Waals surface area contributed by atoms with Gasteiger partial charge in [0.05, 0.1) is 0 Å². The molecule has 0 aromatic heterocycles. The van der Waals surface area contributed by atoms with Crippen molar-refractivity contribution in [2.45, 2.75) is 64.7 Å². The molecule has 1 nitrogen and oxygen atoms in total. The van der Waals surface area contributed by atoms with E-state index in [0.717, 1.165) is 0 Å².